The van der Waals surface area contributed by atoms with Crippen LogP contribution in [0.4, 0.5) is 0 Å². The summed E-state index contributed by atoms with van der Waals surface area (Å²) in [5, 5.41) is 6.78. The van der Waals surface area contributed by atoms with Gasteiger partial charge in [-0.3, -0.25) is 9.59 Å². The normalized spacial score (nSPS) is 18.4. The van der Waals surface area contributed by atoms with Crippen LogP contribution in [-0.2, 0) is 16.1 Å². The van der Waals surface area contributed by atoms with Gasteiger partial charge in [0.2, 0.25) is 11.8 Å². The molecule has 2 amide bonds. The van der Waals surface area contributed by atoms with Crippen molar-refractivity contribution in [2.75, 3.05) is 6.54 Å². The Morgan fingerprint density at radius 3 is 2.72 bits per heavy atom. The van der Waals surface area contributed by atoms with E-state index in [4.69, 9.17) is 4.52 Å². The molecule has 0 aliphatic carbocycles. The van der Waals surface area contributed by atoms with Crippen molar-refractivity contribution in [3.05, 3.63) is 52.9 Å². The van der Waals surface area contributed by atoms with Gasteiger partial charge in [0.25, 0.3) is 0 Å². The van der Waals surface area contributed by atoms with Gasteiger partial charge in [-0.2, -0.15) is 0 Å². The Balaban J connectivity index is 1.62. The van der Waals surface area contributed by atoms with Crippen LogP contribution in [0.3, 0.4) is 0 Å². The van der Waals surface area contributed by atoms with Crippen LogP contribution < -0.4 is 5.32 Å². The highest BCUT2D eigenvalue weighted by Gasteiger charge is 2.34. The second-order valence-corrected chi connectivity index (χ2v) is 6.55. The van der Waals surface area contributed by atoms with Gasteiger partial charge < -0.3 is 14.7 Å². The van der Waals surface area contributed by atoms with Gasteiger partial charge in [0, 0.05) is 18.7 Å². The third-order valence-corrected chi connectivity index (χ3v) is 4.75. The van der Waals surface area contributed by atoms with Crippen molar-refractivity contribution < 1.29 is 14.1 Å². The molecule has 0 radical (unpaired) electrons. The average molecular weight is 341 g/mol. The van der Waals surface area contributed by atoms with E-state index in [1.807, 2.05) is 44.2 Å². The molecule has 132 valence electrons. The molecule has 6 heteroatoms. The summed E-state index contributed by atoms with van der Waals surface area (Å²) in [6.07, 6.45) is 0.631. The van der Waals surface area contributed by atoms with Crippen LogP contribution in [-0.4, -0.2) is 34.5 Å². The van der Waals surface area contributed by atoms with E-state index in [-0.39, 0.29) is 11.8 Å². The van der Waals surface area contributed by atoms with Crippen molar-refractivity contribution in [2.45, 2.75) is 45.7 Å². The number of nitrogens with zero attached hydrogens (tertiary/aromatic N) is 2. The molecule has 1 saturated heterocycles. The first kappa shape index (κ1) is 17.2. The third kappa shape index (κ3) is 3.57. The molecule has 0 unspecified atom stereocenters. The van der Waals surface area contributed by atoms with Crippen LogP contribution in [0.5, 0.6) is 0 Å². The van der Waals surface area contributed by atoms with E-state index < -0.39 is 12.0 Å². The predicted octanol–water partition coefficient (Wildman–Crippen LogP) is 2.31. The van der Waals surface area contributed by atoms with Crippen molar-refractivity contribution in [1.29, 1.82) is 0 Å². The minimum atomic E-state index is -0.459. The van der Waals surface area contributed by atoms with E-state index in [1.54, 1.807) is 11.8 Å². The molecular weight excluding hydrogens is 318 g/mol. The summed E-state index contributed by atoms with van der Waals surface area (Å²) in [4.78, 5) is 26.9. The highest BCUT2D eigenvalue weighted by molar-refractivity contribution is 5.91. The van der Waals surface area contributed by atoms with Crippen molar-refractivity contribution in [1.82, 2.24) is 15.4 Å². The topological polar surface area (TPSA) is 75.4 Å². The molecule has 2 heterocycles. The van der Waals surface area contributed by atoms with Crippen LogP contribution in [0, 0.1) is 13.8 Å². The molecule has 0 spiro atoms. The number of aryl methyl sites for hydroxylation is 2. The number of amides is 2. The van der Waals surface area contributed by atoms with Crippen LogP contribution in [0.25, 0.3) is 0 Å². The molecule has 2 aromatic rings. The minimum Gasteiger partial charge on any atom is -0.361 e. The number of nitrogens with one attached hydrogen (secondary N) is 1. The number of rotatable bonds is 5. The van der Waals surface area contributed by atoms with Gasteiger partial charge in [-0.15, -0.1) is 0 Å². The summed E-state index contributed by atoms with van der Waals surface area (Å²) in [6, 6.07) is 9.41. The predicted molar refractivity (Wildman–Crippen MR) is 92.8 cm³/mol. The molecule has 1 aromatic heterocycles. The molecule has 1 aromatic carbocycles. The number of carbonyl (C=O) groups excluding carboxylic acids is 2. The monoisotopic (exact) mass is 341 g/mol. The van der Waals surface area contributed by atoms with Crippen LogP contribution >= 0.6 is 0 Å². The number of aromatic nitrogens is 1. The second-order valence-electron chi connectivity index (χ2n) is 6.55. The van der Waals surface area contributed by atoms with Gasteiger partial charge in [0.05, 0.1) is 11.6 Å². The summed E-state index contributed by atoms with van der Waals surface area (Å²) in [6.45, 7) is 6.65. The Morgan fingerprint density at radius 2 is 2.08 bits per heavy atom. The smallest absolute Gasteiger partial charge is 0.245 e. The molecule has 2 atom stereocenters. The van der Waals surface area contributed by atoms with Crippen LogP contribution in [0.2, 0.25) is 0 Å². The first-order chi connectivity index (χ1) is 12.0. The highest BCUT2D eigenvalue weighted by Crippen LogP contribution is 2.24. The Hall–Kier alpha value is -2.63. The van der Waals surface area contributed by atoms with E-state index >= 15 is 0 Å². The summed E-state index contributed by atoms with van der Waals surface area (Å²) in [5.74, 6) is 0.0447. The van der Waals surface area contributed by atoms with E-state index in [2.05, 4.69) is 10.5 Å². The summed E-state index contributed by atoms with van der Waals surface area (Å²) >= 11 is 0. The Morgan fingerprint density at radius 1 is 1.36 bits per heavy atom. The van der Waals surface area contributed by atoms with Gasteiger partial charge in [0.15, 0.2) is 0 Å². The van der Waals surface area contributed by atoms with Gasteiger partial charge in [-0.1, -0.05) is 35.5 Å². The van der Waals surface area contributed by atoms with E-state index in [9.17, 15) is 9.59 Å². The van der Waals surface area contributed by atoms with Gasteiger partial charge in [0.1, 0.15) is 11.8 Å². The number of benzene rings is 1. The lowest BCUT2D eigenvalue weighted by molar-refractivity contribution is -0.133. The molecule has 6 nitrogen and oxygen atoms in total. The molecule has 0 bridgehead atoms. The summed E-state index contributed by atoms with van der Waals surface area (Å²) in [5.41, 5.74) is 2.60. The van der Waals surface area contributed by atoms with E-state index in [0.717, 1.165) is 11.1 Å². The number of hydrogen-bond acceptors (Lipinski definition) is 4. The summed E-state index contributed by atoms with van der Waals surface area (Å²) in [7, 11) is 0. The Labute approximate surface area is 147 Å². The van der Waals surface area contributed by atoms with Gasteiger partial charge in [-0.25, -0.2) is 0 Å². The molecule has 3 rings (SSSR count). The maximum atomic E-state index is 12.6. The van der Waals surface area contributed by atoms with E-state index in [1.165, 1.54) is 0 Å². The van der Waals surface area contributed by atoms with Crippen molar-refractivity contribution in [3.63, 3.8) is 0 Å². The Bertz CT molecular complexity index is 750. The van der Waals surface area contributed by atoms with Crippen LogP contribution in [0.1, 0.15) is 41.8 Å². The minimum absolute atomic E-state index is 0.0248. The number of likely N-dealkylation sites (tertiary alicyclic amines) is 1. The molecule has 0 saturated carbocycles. The average Bonchev–Trinajstić information content (AvgIpc) is 3.11. The molecular formula is C19H23N3O3. The lowest BCUT2D eigenvalue weighted by atomic mass is 9.98. The fourth-order valence-electron chi connectivity index (χ4n) is 3.37. The third-order valence-electron chi connectivity index (χ3n) is 4.75. The maximum Gasteiger partial charge on any atom is 0.245 e. The first-order valence-electron chi connectivity index (χ1n) is 8.53. The lowest BCUT2D eigenvalue weighted by Gasteiger charge is -2.18. The van der Waals surface area contributed by atoms with Crippen molar-refractivity contribution in [2.24, 2.45) is 0 Å². The largest absolute Gasteiger partial charge is 0.361 e. The first-order valence-corrected chi connectivity index (χ1v) is 8.53. The SMILES string of the molecule is Cc1noc(C)c1[C@H](C)C(=O)N[C@H]1CCN(Cc2ccccc2)C1=O. The van der Waals surface area contributed by atoms with Gasteiger partial charge in [-0.05, 0) is 32.8 Å². The van der Waals surface area contributed by atoms with Crippen molar-refractivity contribution in [3.8, 4) is 0 Å². The maximum absolute atomic E-state index is 12.6. The number of hydrogen-bond donors (Lipinski definition) is 1. The zero-order valence-electron chi connectivity index (χ0n) is 14.8. The highest BCUT2D eigenvalue weighted by atomic mass is 16.5. The molecule has 1 N–H and O–H groups in total. The second kappa shape index (κ2) is 7.09. The quantitative estimate of drug-likeness (QED) is 0.905. The van der Waals surface area contributed by atoms with Gasteiger partial charge >= 0.3 is 0 Å². The zero-order valence-corrected chi connectivity index (χ0v) is 14.8. The number of carbonyl (C=O) groups is 2. The molecule has 1 aliphatic rings. The fraction of sp³-hybridized carbons (Fsp3) is 0.421. The molecule has 1 aliphatic heterocycles. The fourth-order valence-corrected chi connectivity index (χ4v) is 3.37. The zero-order chi connectivity index (χ0) is 18.0. The molecule has 1 fully saturated rings. The van der Waals surface area contributed by atoms with Crippen LogP contribution in [0.15, 0.2) is 34.9 Å². The Kier molecular flexibility index (Phi) is 4.88. The standard InChI is InChI=1S/C19H23N3O3/c1-12(17-13(2)21-25-14(17)3)18(23)20-16-9-10-22(19(16)24)11-15-7-5-4-6-8-15/h4-8,12,16H,9-11H2,1-3H3,(H,20,23)/t12-,16-/m0/s1. The van der Waals surface area contributed by atoms with E-state index in [0.29, 0.717) is 31.0 Å². The molecule has 25 heavy (non-hydrogen) atoms. The van der Waals surface area contributed by atoms with Crippen molar-refractivity contribution >= 4 is 11.8 Å². The lowest BCUT2D eigenvalue weighted by Crippen LogP contribution is -2.43. The summed E-state index contributed by atoms with van der Waals surface area (Å²) < 4.78 is 5.14.